The fourth-order valence-corrected chi connectivity index (χ4v) is 1.56. The average molecular weight is 249 g/mol. The van der Waals surface area contributed by atoms with Gasteiger partial charge < -0.3 is 10.5 Å². The Bertz CT molecular complexity index is 570. The van der Waals surface area contributed by atoms with Crippen molar-refractivity contribution < 1.29 is 13.5 Å². The summed E-state index contributed by atoms with van der Waals surface area (Å²) in [5.41, 5.74) is 7.75. The Morgan fingerprint density at radius 2 is 1.83 bits per heavy atom. The zero-order valence-electron chi connectivity index (χ0n) is 9.91. The molecule has 2 aromatic rings. The summed E-state index contributed by atoms with van der Waals surface area (Å²) in [6.45, 7) is 2.06. The van der Waals surface area contributed by atoms with E-state index in [1.54, 1.807) is 12.1 Å². The predicted octanol–water partition coefficient (Wildman–Crippen LogP) is 3.43. The van der Waals surface area contributed by atoms with Crippen molar-refractivity contribution in [2.24, 2.45) is 0 Å². The molecule has 2 N–H and O–H groups in total. The van der Waals surface area contributed by atoms with Crippen LogP contribution in [0.5, 0.6) is 5.75 Å². The standard InChI is InChI=1S/C14H13F2NO/c1-9-2-4-11(17)7-14(9)18-8-10-3-5-12(15)13(16)6-10/h2-7H,8,17H2,1H3. The maximum Gasteiger partial charge on any atom is 0.159 e. The summed E-state index contributed by atoms with van der Waals surface area (Å²) in [5.74, 6) is -1.10. The van der Waals surface area contributed by atoms with E-state index >= 15 is 0 Å². The number of hydrogen-bond acceptors (Lipinski definition) is 2. The minimum absolute atomic E-state index is 0.168. The second-order valence-corrected chi connectivity index (χ2v) is 4.06. The van der Waals surface area contributed by atoms with Gasteiger partial charge in [0.2, 0.25) is 0 Å². The quantitative estimate of drug-likeness (QED) is 0.846. The number of benzene rings is 2. The van der Waals surface area contributed by atoms with Crippen molar-refractivity contribution in [3.63, 3.8) is 0 Å². The smallest absolute Gasteiger partial charge is 0.159 e. The third-order valence-corrected chi connectivity index (χ3v) is 2.59. The van der Waals surface area contributed by atoms with Gasteiger partial charge in [0.15, 0.2) is 11.6 Å². The van der Waals surface area contributed by atoms with E-state index in [1.165, 1.54) is 6.07 Å². The van der Waals surface area contributed by atoms with Gasteiger partial charge in [-0.3, -0.25) is 0 Å². The lowest BCUT2D eigenvalue weighted by Gasteiger charge is -2.10. The molecule has 0 atom stereocenters. The molecule has 0 aliphatic carbocycles. The third-order valence-electron chi connectivity index (χ3n) is 2.59. The molecule has 94 valence electrons. The zero-order valence-corrected chi connectivity index (χ0v) is 9.91. The Morgan fingerprint density at radius 1 is 1.06 bits per heavy atom. The second-order valence-electron chi connectivity index (χ2n) is 4.06. The van der Waals surface area contributed by atoms with Crippen LogP contribution in [0.4, 0.5) is 14.5 Å². The SMILES string of the molecule is Cc1ccc(N)cc1OCc1ccc(F)c(F)c1. The summed E-state index contributed by atoms with van der Waals surface area (Å²) in [4.78, 5) is 0. The van der Waals surface area contributed by atoms with Crippen LogP contribution in [0, 0.1) is 18.6 Å². The van der Waals surface area contributed by atoms with Gasteiger partial charge in [-0.1, -0.05) is 12.1 Å². The maximum absolute atomic E-state index is 13.0. The predicted molar refractivity (Wildman–Crippen MR) is 66.3 cm³/mol. The number of halogens is 2. The molecule has 18 heavy (non-hydrogen) atoms. The molecule has 0 radical (unpaired) electrons. The van der Waals surface area contributed by atoms with E-state index in [1.807, 2.05) is 13.0 Å². The van der Waals surface area contributed by atoms with Gasteiger partial charge >= 0.3 is 0 Å². The summed E-state index contributed by atoms with van der Waals surface area (Å²) in [6.07, 6.45) is 0. The Kier molecular flexibility index (Phi) is 3.46. The number of nitrogen functional groups attached to an aromatic ring is 1. The van der Waals surface area contributed by atoms with Crippen molar-refractivity contribution in [2.75, 3.05) is 5.73 Å². The van der Waals surface area contributed by atoms with E-state index in [2.05, 4.69) is 0 Å². The lowest BCUT2D eigenvalue weighted by Crippen LogP contribution is -1.99. The van der Waals surface area contributed by atoms with Gasteiger partial charge in [0.25, 0.3) is 0 Å². The van der Waals surface area contributed by atoms with Crippen molar-refractivity contribution in [1.82, 2.24) is 0 Å². The molecule has 0 amide bonds. The fourth-order valence-electron chi connectivity index (χ4n) is 1.56. The van der Waals surface area contributed by atoms with Crippen molar-refractivity contribution in [2.45, 2.75) is 13.5 Å². The number of anilines is 1. The van der Waals surface area contributed by atoms with E-state index in [0.29, 0.717) is 17.0 Å². The molecule has 0 bridgehead atoms. The van der Waals surface area contributed by atoms with Crippen LogP contribution in [0.2, 0.25) is 0 Å². The highest BCUT2D eigenvalue weighted by atomic mass is 19.2. The zero-order chi connectivity index (χ0) is 13.1. The van der Waals surface area contributed by atoms with E-state index in [4.69, 9.17) is 10.5 Å². The first kappa shape index (κ1) is 12.4. The van der Waals surface area contributed by atoms with Gasteiger partial charge in [-0.25, -0.2) is 8.78 Å². The van der Waals surface area contributed by atoms with Gasteiger partial charge in [-0.2, -0.15) is 0 Å². The van der Waals surface area contributed by atoms with Crippen LogP contribution in [-0.4, -0.2) is 0 Å². The summed E-state index contributed by atoms with van der Waals surface area (Å²) in [7, 11) is 0. The third kappa shape index (κ3) is 2.77. The number of aryl methyl sites for hydroxylation is 1. The highest BCUT2D eigenvalue weighted by Crippen LogP contribution is 2.22. The number of ether oxygens (including phenoxy) is 1. The molecule has 2 nitrogen and oxygen atoms in total. The maximum atomic E-state index is 13.0. The highest BCUT2D eigenvalue weighted by molar-refractivity contribution is 5.48. The van der Waals surface area contributed by atoms with Crippen molar-refractivity contribution in [1.29, 1.82) is 0 Å². The van der Waals surface area contributed by atoms with Crippen LogP contribution in [0.25, 0.3) is 0 Å². The Morgan fingerprint density at radius 3 is 2.56 bits per heavy atom. The lowest BCUT2D eigenvalue weighted by atomic mass is 10.2. The van der Waals surface area contributed by atoms with E-state index in [9.17, 15) is 8.78 Å². The topological polar surface area (TPSA) is 35.2 Å². The first-order chi connectivity index (χ1) is 8.56. The van der Waals surface area contributed by atoms with Crippen LogP contribution < -0.4 is 10.5 Å². The summed E-state index contributed by atoms with van der Waals surface area (Å²) >= 11 is 0. The molecule has 0 spiro atoms. The largest absolute Gasteiger partial charge is 0.489 e. The highest BCUT2D eigenvalue weighted by Gasteiger charge is 2.04. The minimum Gasteiger partial charge on any atom is -0.489 e. The van der Waals surface area contributed by atoms with Crippen LogP contribution in [0.3, 0.4) is 0 Å². The van der Waals surface area contributed by atoms with Crippen molar-refractivity contribution >= 4 is 5.69 Å². The van der Waals surface area contributed by atoms with Crippen LogP contribution in [-0.2, 0) is 6.61 Å². The molecule has 0 aromatic heterocycles. The molecular formula is C14H13F2NO. The van der Waals surface area contributed by atoms with Crippen molar-refractivity contribution in [3.8, 4) is 5.75 Å². The molecular weight excluding hydrogens is 236 g/mol. The molecule has 0 saturated heterocycles. The van der Waals surface area contributed by atoms with E-state index in [-0.39, 0.29) is 6.61 Å². The minimum atomic E-state index is -0.875. The summed E-state index contributed by atoms with van der Waals surface area (Å²) < 4.78 is 31.3. The molecule has 2 aromatic carbocycles. The summed E-state index contributed by atoms with van der Waals surface area (Å²) in [6, 6.07) is 9.02. The Balaban J connectivity index is 2.11. The Hall–Kier alpha value is -2.10. The first-order valence-corrected chi connectivity index (χ1v) is 5.49. The number of hydrogen-bond donors (Lipinski definition) is 1. The monoisotopic (exact) mass is 249 g/mol. The molecule has 0 heterocycles. The lowest BCUT2D eigenvalue weighted by molar-refractivity contribution is 0.303. The van der Waals surface area contributed by atoms with E-state index in [0.717, 1.165) is 17.7 Å². The van der Waals surface area contributed by atoms with Gasteiger partial charge in [0, 0.05) is 11.8 Å². The molecule has 2 rings (SSSR count). The van der Waals surface area contributed by atoms with Crippen molar-refractivity contribution in [3.05, 3.63) is 59.2 Å². The molecule has 0 aliphatic rings. The fraction of sp³-hybridized carbons (Fsp3) is 0.143. The van der Waals surface area contributed by atoms with Gasteiger partial charge in [0.1, 0.15) is 12.4 Å². The summed E-state index contributed by atoms with van der Waals surface area (Å²) in [5, 5.41) is 0. The normalized spacial score (nSPS) is 10.4. The van der Waals surface area contributed by atoms with Gasteiger partial charge in [-0.05, 0) is 36.2 Å². The molecule has 0 unspecified atom stereocenters. The number of rotatable bonds is 3. The molecule has 4 heteroatoms. The van der Waals surface area contributed by atoms with Crippen LogP contribution in [0.15, 0.2) is 36.4 Å². The van der Waals surface area contributed by atoms with Gasteiger partial charge in [0.05, 0.1) is 0 Å². The molecule has 0 fully saturated rings. The molecule has 0 saturated carbocycles. The molecule has 0 aliphatic heterocycles. The Labute approximate surface area is 104 Å². The number of nitrogens with two attached hydrogens (primary N) is 1. The second kappa shape index (κ2) is 5.04. The van der Waals surface area contributed by atoms with Gasteiger partial charge in [-0.15, -0.1) is 0 Å². The average Bonchev–Trinajstić information content (AvgIpc) is 2.34. The van der Waals surface area contributed by atoms with Crippen LogP contribution >= 0.6 is 0 Å². The van der Waals surface area contributed by atoms with E-state index < -0.39 is 11.6 Å². The first-order valence-electron chi connectivity index (χ1n) is 5.49. The van der Waals surface area contributed by atoms with Crippen LogP contribution in [0.1, 0.15) is 11.1 Å².